The van der Waals surface area contributed by atoms with E-state index in [2.05, 4.69) is 50.0 Å². The SMILES string of the molecule is CSN1CCSC1(C(C)C)C(C)C. The van der Waals surface area contributed by atoms with Crippen LogP contribution in [0.1, 0.15) is 27.7 Å². The standard InChI is InChI=1S/C10H21NS2/c1-8(2)10(9(3)4)11(12-5)6-7-13-10/h8-9H,6-7H2,1-5H3. The molecule has 1 heterocycles. The number of hydrogen-bond acceptors (Lipinski definition) is 3. The van der Waals surface area contributed by atoms with Crippen LogP contribution >= 0.6 is 23.7 Å². The summed E-state index contributed by atoms with van der Waals surface area (Å²) in [5.41, 5.74) is 0. The third kappa shape index (κ3) is 1.88. The summed E-state index contributed by atoms with van der Waals surface area (Å²) in [6.45, 7) is 10.6. The van der Waals surface area contributed by atoms with Crippen LogP contribution in [-0.2, 0) is 0 Å². The first-order valence-corrected chi connectivity index (χ1v) is 7.18. The zero-order valence-electron chi connectivity index (χ0n) is 9.33. The van der Waals surface area contributed by atoms with Gasteiger partial charge in [-0.1, -0.05) is 39.6 Å². The van der Waals surface area contributed by atoms with Gasteiger partial charge in [-0.15, -0.1) is 11.8 Å². The van der Waals surface area contributed by atoms with E-state index < -0.39 is 0 Å². The van der Waals surface area contributed by atoms with Crippen LogP contribution in [-0.4, -0.2) is 27.7 Å². The Labute approximate surface area is 91.2 Å². The Kier molecular flexibility index (Phi) is 4.02. The molecule has 0 atom stereocenters. The highest BCUT2D eigenvalue weighted by molar-refractivity contribution is 8.03. The predicted octanol–water partition coefficient (Wildman–Crippen LogP) is 3.32. The number of hydrogen-bond donors (Lipinski definition) is 0. The molecular formula is C10H21NS2. The maximum atomic E-state index is 2.58. The maximum absolute atomic E-state index is 2.58. The van der Waals surface area contributed by atoms with Crippen LogP contribution in [0.3, 0.4) is 0 Å². The van der Waals surface area contributed by atoms with Crippen molar-refractivity contribution in [2.75, 3.05) is 18.6 Å². The second kappa shape index (κ2) is 4.45. The van der Waals surface area contributed by atoms with Crippen LogP contribution in [0.25, 0.3) is 0 Å². The Morgan fingerprint density at radius 2 is 1.77 bits per heavy atom. The van der Waals surface area contributed by atoms with Gasteiger partial charge in [0.1, 0.15) is 0 Å². The molecule has 1 fully saturated rings. The summed E-state index contributed by atoms with van der Waals surface area (Å²) in [6, 6.07) is 0. The molecular weight excluding hydrogens is 198 g/mol. The first-order chi connectivity index (χ1) is 6.05. The van der Waals surface area contributed by atoms with Crippen molar-refractivity contribution in [2.24, 2.45) is 11.8 Å². The van der Waals surface area contributed by atoms with Gasteiger partial charge in [-0.2, -0.15) is 0 Å². The summed E-state index contributed by atoms with van der Waals surface area (Å²) >= 11 is 4.05. The normalized spacial score (nSPS) is 23.3. The highest BCUT2D eigenvalue weighted by Gasteiger charge is 2.46. The summed E-state index contributed by atoms with van der Waals surface area (Å²) in [7, 11) is 0. The fourth-order valence-corrected chi connectivity index (χ4v) is 5.33. The van der Waals surface area contributed by atoms with Gasteiger partial charge >= 0.3 is 0 Å². The van der Waals surface area contributed by atoms with E-state index in [9.17, 15) is 0 Å². The van der Waals surface area contributed by atoms with Crippen molar-refractivity contribution in [1.29, 1.82) is 0 Å². The summed E-state index contributed by atoms with van der Waals surface area (Å²) in [5.74, 6) is 2.75. The van der Waals surface area contributed by atoms with E-state index >= 15 is 0 Å². The predicted molar refractivity (Wildman–Crippen MR) is 65.1 cm³/mol. The summed E-state index contributed by atoms with van der Waals surface area (Å²) in [4.78, 5) is 0.374. The molecule has 1 aliphatic heterocycles. The molecule has 0 amide bonds. The minimum atomic E-state index is 0.374. The average molecular weight is 219 g/mol. The van der Waals surface area contributed by atoms with E-state index in [0.29, 0.717) is 4.87 Å². The molecule has 1 saturated heterocycles. The third-order valence-electron chi connectivity index (χ3n) is 2.89. The molecule has 78 valence electrons. The lowest BCUT2D eigenvalue weighted by Crippen LogP contribution is -2.46. The molecule has 0 N–H and O–H groups in total. The van der Waals surface area contributed by atoms with E-state index in [1.807, 2.05) is 11.9 Å². The minimum absolute atomic E-state index is 0.374. The van der Waals surface area contributed by atoms with E-state index in [4.69, 9.17) is 0 Å². The lowest BCUT2D eigenvalue weighted by Gasteiger charge is -2.43. The van der Waals surface area contributed by atoms with Crippen molar-refractivity contribution in [1.82, 2.24) is 4.31 Å². The summed E-state index contributed by atoms with van der Waals surface area (Å²) < 4.78 is 2.58. The van der Waals surface area contributed by atoms with Crippen molar-refractivity contribution < 1.29 is 0 Å². The van der Waals surface area contributed by atoms with Gasteiger partial charge in [0.15, 0.2) is 0 Å². The van der Waals surface area contributed by atoms with Gasteiger partial charge in [0.05, 0.1) is 4.87 Å². The molecule has 0 spiro atoms. The van der Waals surface area contributed by atoms with Crippen LogP contribution in [0, 0.1) is 11.8 Å². The smallest absolute Gasteiger partial charge is 0.0812 e. The van der Waals surface area contributed by atoms with Gasteiger partial charge in [0, 0.05) is 12.3 Å². The second-order valence-corrected chi connectivity index (χ2v) is 6.35. The first kappa shape index (κ1) is 11.7. The molecule has 0 aromatic heterocycles. The molecule has 0 aromatic rings. The summed E-state index contributed by atoms with van der Waals surface area (Å²) in [6.07, 6.45) is 2.20. The molecule has 1 nitrogen and oxygen atoms in total. The van der Waals surface area contributed by atoms with Crippen molar-refractivity contribution in [3.63, 3.8) is 0 Å². The monoisotopic (exact) mass is 219 g/mol. The second-order valence-electron chi connectivity index (χ2n) is 4.19. The number of rotatable bonds is 3. The molecule has 13 heavy (non-hydrogen) atoms. The lowest BCUT2D eigenvalue weighted by molar-refractivity contribution is 0.201. The fraction of sp³-hybridized carbons (Fsp3) is 1.00. The van der Waals surface area contributed by atoms with Crippen LogP contribution in [0.2, 0.25) is 0 Å². The van der Waals surface area contributed by atoms with Crippen LogP contribution in [0.15, 0.2) is 0 Å². The molecule has 0 bridgehead atoms. The lowest BCUT2D eigenvalue weighted by atomic mass is 9.92. The van der Waals surface area contributed by atoms with Crippen LogP contribution in [0.4, 0.5) is 0 Å². The van der Waals surface area contributed by atoms with Crippen LogP contribution < -0.4 is 0 Å². The van der Waals surface area contributed by atoms with Gasteiger partial charge in [-0.25, -0.2) is 4.31 Å². The molecule has 0 saturated carbocycles. The van der Waals surface area contributed by atoms with Crippen molar-refractivity contribution in [3.05, 3.63) is 0 Å². The number of nitrogens with zero attached hydrogens (tertiary/aromatic N) is 1. The highest BCUT2D eigenvalue weighted by Crippen LogP contribution is 2.49. The average Bonchev–Trinajstić information content (AvgIpc) is 2.47. The van der Waals surface area contributed by atoms with Gasteiger partial charge in [0.2, 0.25) is 0 Å². The Balaban J connectivity index is 2.88. The summed E-state index contributed by atoms with van der Waals surface area (Å²) in [5, 5.41) is 0. The van der Waals surface area contributed by atoms with E-state index in [1.165, 1.54) is 12.3 Å². The minimum Gasteiger partial charge on any atom is -0.234 e. The van der Waals surface area contributed by atoms with Crippen molar-refractivity contribution in [2.45, 2.75) is 32.6 Å². The van der Waals surface area contributed by atoms with Crippen molar-refractivity contribution in [3.8, 4) is 0 Å². The van der Waals surface area contributed by atoms with E-state index in [0.717, 1.165) is 11.8 Å². The first-order valence-electron chi connectivity index (χ1n) is 5.01. The van der Waals surface area contributed by atoms with Crippen molar-refractivity contribution >= 4 is 23.7 Å². The van der Waals surface area contributed by atoms with Gasteiger partial charge < -0.3 is 0 Å². The molecule has 1 rings (SSSR count). The molecule has 0 radical (unpaired) electrons. The molecule has 0 unspecified atom stereocenters. The van der Waals surface area contributed by atoms with E-state index in [-0.39, 0.29) is 0 Å². The van der Waals surface area contributed by atoms with Crippen LogP contribution in [0.5, 0.6) is 0 Å². The Bertz CT molecular complexity index is 160. The molecule has 0 aromatic carbocycles. The topological polar surface area (TPSA) is 3.24 Å². The van der Waals surface area contributed by atoms with E-state index in [1.54, 1.807) is 0 Å². The maximum Gasteiger partial charge on any atom is 0.0812 e. The Morgan fingerprint density at radius 1 is 1.23 bits per heavy atom. The quantitative estimate of drug-likeness (QED) is 0.670. The van der Waals surface area contributed by atoms with Gasteiger partial charge in [-0.3, -0.25) is 0 Å². The third-order valence-corrected chi connectivity index (χ3v) is 5.95. The Hall–Kier alpha value is 0.660. The Morgan fingerprint density at radius 3 is 2.08 bits per heavy atom. The fourth-order valence-electron chi connectivity index (χ4n) is 2.35. The zero-order chi connectivity index (χ0) is 10.1. The number of thioether (sulfide) groups is 1. The highest BCUT2D eigenvalue weighted by atomic mass is 32.2. The molecule has 3 heteroatoms. The van der Waals surface area contributed by atoms with Gasteiger partial charge in [0.25, 0.3) is 0 Å². The molecule has 0 aliphatic carbocycles. The molecule has 1 aliphatic rings. The largest absolute Gasteiger partial charge is 0.234 e. The zero-order valence-corrected chi connectivity index (χ0v) is 11.0. The van der Waals surface area contributed by atoms with Gasteiger partial charge in [-0.05, 0) is 18.1 Å².